The second-order valence-corrected chi connectivity index (χ2v) is 5.82. The summed E-state index contributed by atoms with van der Waals surface area (Å²) in [5.74, 6) is 4.51. The highest BCUT2D eigenvalue weighted by Gasteiger charge is 2.25. The van der Waals surface area contributed by atoms with Gasteiger partial charge in [0.2, 0.25) is 0 Å². The molecule has 4 nitrogen and oxygen atoms in total. The number of nitrogens with zero attached hydrogens (tertiary/aromatic N) is 2. The molecule has 0 bridgehead atoms. The minimum Gasteiger partial charge on any atom is -0.381 e. The average molecular weight is 265 g/mol. The number of nitrogens with one attached hydrogen (secondary N) is 1. The average Bonchev–Trinajstić information content (AvgIpc) is 3.05. The van der Waals surface area contributed by atoms with E-state index in [2.05, 4.69) is 12.2 Å². The van der Waals surface area contributed by atoms with Crippen molar-refractivity contribution < 1.29 is 4.74 Å². The smallest absolute Gasteiger partial charge is 0.136 e. The highest BCUT2D eigenvalue weighted by atomic mass is 32.2. The molecule has 1 atom stereocenters. The Morgan fingerprint density at radius 3 is 3.11 bits per heavy atom. The first-order valence-corrected chi connectivity index (χ1v) is 7.83. The van der Waals surface area contributed by atoms with Gasteiger partial charge < -0.3 is 10.1 Å². The lowest BCUT2D eigenvalue weighted by atomic mass is 10.1. The molecular formula is C13H19N3OS. The lowest BCUT2D eigenvalue weighted by Crippen LogP contribution is -2.12. The molecule has 3 rings (SSSR count). The van der Waals surface area contributed by atoms with Gasteiger partial charge in [-0.2, -0.15) is 11.8 Å². The fourth-order valence-electron chi connectivity index (χ4n) is 2.38. The SMILES string of the molecule is CCCNc1nc(C2CCOC2)nc2c1CSC2. The number of anilines is 1. The van der Waals surface area contributed by atoms with Crippen molar-refractivity contribution in [2.24, 2.45) is 0 Å². The van der Waals surface area contributed by atoms with Crippen LogP contribution in [-0.2, 0) is 16.2 Å². The predicted molar refractivity (Wildman–Crippen MR) is 74.0 cm³/mol. The number of hydrogen-bond donors (Lipinski definition) is 1. The van der Waals surface area contributed by atoms with Gasteiger partial charge in [-0.05, 0) is 12.8 Å². The summed E-state index contributed by atoms with van der Waals surface area (Å²) in [6.07, 6.45) is 2.17. The van der Waals surface area contributed by atoms with Crippen molar-refractivity contribution in [3.8, 4) is 0 Å². The number of aromatic nitrogens is 2. The lowest BCUT2D eigenvalue weighted by molar-refractivity contribution is 0.193. The molecule has 1 fully saturated rings. The highest BCUT2D eigenvalue weighted by molar-refractivity contribution is 7.98. The maximum Gasteiger partial charge on any atom is 0.136 e. The van der Waals surface area contributed by atoms with E-state index in [4.69, 9.17) is 14.7 Å². The van der Waals surface area contributed by atoms with Gasteiger partial charge in [0.05, 0.1) is 12.3 Å². The molecule has 0 radical (unpaired) electrons. The van der Waals surface area contributed by atoms with Gasteiger partial charge in [0.15, 0.2) is 0 Å². The van der Waals surface area contributed by atoms with Crippen LogP contribution in [0.25, 0.3) is 0 Å². The fraction of sp³-hybridized carbons (Fsp3) is 0.692. The zero-order valence-electron chi connectivity index (χ0n) is 10.7. The van der Waals surface area contributed by atoms with Crippen molar-refractivity contribution >= 4 is 17.6 Å². The molecule has 1 unspecified atom stereocenters. The van der Waals surface area contributed by atoms with E-state index >= 15 is 0 Å². The van der Waals surface area contributed by atoms with Crippen molar-refractivity contribution in [1.29, 1.82) is 0 Å². The van der Waals surface area contributed by atoms with Gasteiger partial charge in [-0.3, -0.25) is 0 Å². The molecular weight excluding hydrogens is 246 g/mol. The van der Waals surface area contributed by atoms with Crippen molar-refractivity contribution in [1.82, 2.24) is 9.97 Å². The van der Waals surface area contributed by atoms with Gasteiger partial charge in [-0.25, -0.2) is 9.97 Å². The van der Waals surface area contributed by atoms with Crippen LogP contribution in [0.2, 0.25) is 0 Å². The quantitative estimate of drug-likeness (QED) is 0.906. The Morgan fingerprint density at radius 1 is 1.39 bits per heavy atom. The Kier molecular flexibility index (Phi) is 3.70. The number of rotatable bonds is 4. The number of fused-ring (bicyclic) bond motifs is 1. The van der Waals surface area contributed by atoms with E-state index in [9.17, 15) is 0 Å². The third-order valence-electron chi connectivity index (χ3n) is 3.43. The van der Waals surface area contributed by atoms with Gasteiger partial charge in [-0.15, -0.1) is 0 Å². The van der Waals surface area contributed by atoms with Crippen LogP contribution in [0.4, 0.5) is 5.82 Å². The van der Waals surface area contributed by atoms with Crippen molar-refractivity contribution in [2.45, 2.75) is 37.2 Å². The van der Waals surface area contributed by atoms with E-state index in [-0.39, 0.29) is 0 Å². The molecule has 1 N–H and O–H groups in total. The van der Waals surface area contributed by atoms with Crippen LogP contribution in [-0.4, -0.2) is 29.7 Å². The largest absolute Gasteiger partial charge is 0.381 e. The molecule has 98 valence electrons. The Hall–Kier alpha value is -0.810. The second-order valence-electron chi connectivity index (χ2n) is 4.84. The van der Waals surface area contributed by atoms with Gasteiger partial charge in [-0.1, -0.05) is 6.92 Å². The van der Waals surface area contributed by atoms with Gasteiger partial charge >= 0.3 is 0 Å². The van der Waals surface area contributed by atoms with Gasteiger partial charge in [0.1, 0.15) is 11.6 Å². The van der Waals surface area contributed by atoms with Crippen LogP contribution >= 0.6 is 11.8 Å². The molecule has 5 heteroatoms. The second kappa shape index (κ2) is 5.45. The van der Waals surface area contributed by atoms with E-state index in [1.807, 2.05) is 11.8 Å². The molecule has 1 saturated heterocycles. The van der Waals surface area contributed by atoms with Crippen molar-refractivity contribution in [3.63, 3.8) is 0 Å². The van der Waals surface area contributed by atoms with Crippen molar-refractivity contribution in [2.75, 3.05) is 25.1 Å². The molecule has 1 aromatic rings. The summed E-state index contributed by atoms with van der Waals surface area (Å²) in [5, 5.41) is 3.45. The van der Waals surface area contributed by atoms with E-state index in [0.29, 0.717) is 5.92 Å². The molecule has 3 heterocycles. The monoisotopic (exact) mass is 265 g/mol. The lowest BCUT2D eigenvalue weighted by Gasteiger charge is -2.13. The third kappa shape index (κ3) is 2.34. The maximum absolute atomic E-state index is 5.45. The summed E-state index contributed by atoms with van der Waals surface area (Å²) < 4.78 is 5.45. The van der Waals surface area contributed by atoms with Crippen LogP contribution in [0, 0.1) is 0 Å². The van der Waals surface area contributed by atoms with E-state index in [1.54, 1.807) is 0 Å². The first-order valence-electron chi connectivity index (χ1n) is 6.67. The van der Waals surface area contributed by atoms with Gasteiger partial charge in [0.25, 0.3) is 0 Å². The molecule has 0 amide bonds. The summed E-state index contributed by atoms with van der Waals surface area (Å²) in [7, 11) is 0. The summed E-state index contributed by atoms with van der Waals surface area (Å²) >= 11 is 1.93. The summed E-state index contributed by atoms with van der Waals surface area (Å²) in [4.78, 5) is 9.50. The number of thioether (sulfide) groups is 1. The molecule has 2 aliphatic heterocycles. The number of hydrogen-bond acceptors (Lipinski definition) is 5. The topological polar surface area (TPSA) is 47.0 Å². The van der Waals surface area contributed by atoms with Crippen LogP contribution in [0.3, 0.4) is 0 Å². The molecule has 2 aliphatic rings. The number of ether oxygens (including phenoxy) is 1. The molecule has 0 aromatic carbocycles. The van der Waals surface area contributed by atoms with E-state index < -0.39 is 0 Å². The minimum atomic E-state index is 0.392. The van der Waals surface area contributed by atoms with Crippen LogP contribution in [0.5, 0.6) is 0 Å². The van der Waals surface area contributed by atoms with E-state index in [0.717, 1.165) is 55.7 Å². The zero-order valence-corrected chi connectivity index (χ0v) is 11.6. The zero-order chi connectivity index (χ0) is 12.4. The standard InChI is InChI=1S/C13H19N3OS/c1-2-4-14-13-10-7-18-8-11(10)15-12(16-13)9-3-5-17-6-9/h9H,2-8H2,1H3,(H,14,15,16). The molecule has 1 aromatic heterocycles. The molecule has 0 spiro atoms. The predicted octanol–water partition coefficient (Wildman–Crippen LogP) is 2.55. The van der Waals surface area contributed by atoms with E-state index in [1.165, 1.54) is 11.3 Å². The summed E-state index contributed by atoms with van der Waals surface area (Å²) in [5.41, 5.74) is 2.55. The summed E-state index contributed by atoms with van der Waals surface area (Å²) in [6.45, 7) is 4.78. The molecule has 18 heavy (non-hydrogen) atoms. The third-order valence-corrected chi connectivity index (χ3v) is 4.40. The van der Waals surface area contributed by atoms with Crippen LogP contribution in [0.15, 0.2) is 0 Å². The Balaban J connectivity index is 1.90. The van der Waals surface area contributed by atoms with Crippen LogP contribution < -0.4 is 5.32 Å². The first-order chi connectivity index (χ1) is 8.88. The Morgan fingerprint density at radius 2 is 2.33 bits per heavy atom. The normalized spacial score (nSPS) is 22.2. The minimum absolute atomic E-state index is 0.392. The maximum atomic E-state index is 5.45. The molecule has 0 aliphatic carbocycles. The summed E-state index contributed by atoms with van der Waals surface area (Å²) in [6, 6.07) is 0. The van der Waals surface area contributed by atoms with Crippen LogP contribution in [0.1, 0.15) is 42.8 Å². The molecule has 0 saturated carbocycles. The van der Waals surface area contributed by atoms with Crippen molar-refractivity contribution in [3.05, 3.63) is 17.1 Å². The highest BCUT2D eigenvalue weighted by Crippen LogP contribution is 2.34. The first kappa shape index (κ1) is 12.2. The van der Waals surface area contributed by atoms with Gasteiger partial charge in [0, 0.05) is 36.1 Å². The fourth-order valence-corrected chi connectivity index (χ4v) is 3.42. The Labute approximate surface area is 112 Å². The Bertz CT molecular complexity index is 432.